The van der Waals surface area contributed by atoms with Crippen LogP contribution in [-0.2, 0) is 0 Å². The minimum atomic E-state index is 0.227. The van der Waals surface area contributed by atoms with Crippen LogP contribution >= 0.6 is 15.9 Å². The van der Waals surface area contributed by atoms with Gasteiger partial charge in [-0.1, -0.05) is 30.3 Å². The lowest BCUT2D eigenvalue weighted by molar-refractivity contribution is 0.412. The van der Waals surface area contributed by atoms with Crippen LogP contribution in [0, 0.1) is 18.3 Å². The monoisotopic (exact) mass is 393 g/mol. The summed E-state index contributed by atoms with van der Waals surface area (Å²) in [4.78, 5) is 4.44. The molecule has 0 aliphatic carbocycles. The zero-order valence-corrected chi connectivity index (χ0v) is 15.5. The Morgan fingerprint density at radius 1 is 1.12 bits per heavy atom. The Kier molecular flexibility index (Phi) is 4.73. The summed E-state index contributed by atoms with van der Waals surface area (Å²) in [5, 5.41) is 9.54. The zero-order valence-electron chi connectivity index (χ0n) is 13.9. The summed E-state index contributed by atoms with van der Waals surface area (Å²) < 4.78 is 6.09. The number of hydrogen-bond acceptors (Lipinski definition) is 4. The van der Waals surface area contributed by atoms with Gasteiger partial charge in [-0.2, -0.15) is 5.26 Å². The number of nitriles is 1. The van der Waals surface area contributed by atoms with Gasteiger partial charge in [-0.25, -0.2) is 4.98 Å². The smallest absolute Gasteiger partial charge is 0.142 e. The number of pyridine rings is 1. The molecule has 0 unspecified atom stereocenters. The second-order valence-electron chi connectivity index (χ2n) is 5.59. The molecule has 0 fully saturated rings. The van der Waals surface area contributed by atoms with Crippen LogP contribution in [0.5, 0.6) is 5.75 Å². The van der Waals surface area contributed by atoms with Gasteiger partial charge in [0.05, 0.1) is 17.3 Å². The molecule has 1 heterocycles. The molecule has 0 atom stereocenters. The molecule has 0 radical (unpaired) electrons. The average Bonchev–Trinajstić information content (AvgIpc) is 2.61. The van der Waals surface area contributed by atoms with Crippen LogP contribution in [0.25, 0.3) is 22.4 Å². The van der Waals surface area contributed by atoms with Crippen LogP contribution in [0.3, 0.4) is 0 Å². The summed E-state index contributed by atoms with van der Waals surface area (Å²) in [5.41, 5.74) is 10.9. The third-order valence-electron chi connectivity index (χ3n) is 4.04. The van der Waals surface area contributed by atoms with Crippen molar-refractivity contribution in [3.05, 3.63) is 64.1 Å². The number of aromatic nitrogens is 1. The molecule has 0 bridgehead atoms. The first-order chi connectivity index (χ1) is 12.0. The van der Waals surface area contributed by atoms with Crippen molar-refractivity contribution < 1.29 is 4.74 Å². The van der Waals surface area contributed by atoms with Crippen LogP contribution in [0.4, 0.5) is 5.82 Å². The number of benzene rings is 2. The van der Waals surface area contributed by atoms with Crippen molar-refractivity contribution in [2.24, 2.45) is 0 Å². The highest BCUT2D eigenvalue weighted by Gasteiger charge is 2.15. The number of hydrogen-bond donors (Lipinski definition) is 1. The van der Waals surface area contributed by atoms with Gasteiger partial charge in [0.2, 0.25) is 0 Å². The number of halogens is 1. The van der Waals surface area contributed by atoms with Crippen molar-refractivity contribution >= 4 is 21.7 Å². The highest BCUT2D eigenvalue weighted by atomic mass is 79.9. The molecular weight excluding hydrogens is 378 g/mol. The Bertz CT molecular complexity index is 993. The second-order valence-corrected chi connectivity index (χ2v) is 6.45. The maximum atomic E-state index is 9.54. The minimum Gasteiger partial charge on any atom is -0.496 e. The van der Waals surface area contributed by atoms with E-state index in [4.69, 9.17) is 10.5 Å². The van der Waals surface area contributed by atoms with Gasteiger partial charge in [0.1, 0.15) is 23.2 Å². The van der Waals surface area contributed by atoms with E-state index in [0.29, 0.717) is 5.56 Å². The fraction of sp³-hybridized carbons (Fsp3) is 0.100. The van der Waals surface area contributed by atoms with E-state index in [1.165, 1.54) is 0 Å². The molecule has 2 aromatic carbocycles. The Morgan fingerprint density at radius 3 is 2.52 bits per heavy atom. The van der Waals surface area contributed by atoms with Gasteiger partial charge in [0, 0.05) is 11.1 Å². The van der Waals surface area contributed by atoms with Crippen molar-refractivity contribution in [2.75, 3.05) is 12.8 Å². The van der Waals surface area contributed by atoms with Crippen molar-refractivity contribution in [3.8, 4) is 34.2 Å². The molecule has 0 aliphatic heterocycles. The Hall–Kier alpha value is -2.84. The largest absolute Gasteiger partial charge is 0.496 e. The third-order valence-corrected chi connectivity index (χ3v) is 4.66. The van der Waals surface area contributed by atoms with Gasteiger partial charge in [0.25, 0.3) is 0 Å². The van der Waals surface area contributed by atoms with Crippen molar-refractivity contribution in [3.63, 3.8) is 0 Å². The topological polar surface area (TPSA) is 71.9 Å². The van der Waals surface area contributed by atoms with Gasteiger partial charge in [0.15, 0.2) is 0 Å². The predicted octanol–water partition coefficient (Wildman–Crippen LogP) is 4.95. The summed E-state index contributed by atoms with van der Waals surface area (Å²) in [7, 11) is 1.61. The van der Waals surface area contributed by atoms with E-state index >= 15 is 0 Å². The van der Waals surface area contributed by atoms with E-state index in [2.05, 4.69) is 27.0 Å². The molecule has 3 rings (SSSR count). The maximum absolute atomic E-state index is 9.54. The molecule has 2 N–H and O–H groups in total. The molecular formula is C20H16BrN3O. The van der Waals surface area contributed by atoms with Gasteiger partial charge in [-0.3, -0.25) is 0 Å². The summed E-state index contributed by atoms with van der Waals surface area (Å²) in [5.74, 6) is 0.952. The number of anilines is 1. The Balaban J connectivity index is 2.24. The van der Waals surface area contributed by atoms with Crippen LogP contribution in [0.1, 0.15) is 11.1 Å². The maximum Gasteiger partial charge on any atom is 0.142 e. The van der Waals surface area contributed by atoms with Crippen molar-refractivity contribution in [2.45, 2.75) is 6.92 Å². The summed E-state index contributed by atoms with van der Waals surface area (Å²) in [6.07, 6.45) is 0. The SMILES string of the molecule is COc1ccc(-c2cc(-c3ccccc3C)nc(N)c2C#N)cc1Br. The minimum absolute atomic E-state index is 0.227. The molecule has 124 valence electrons. The van der Waals surface area contributed by atoms with Gasteiger partial charge >= 0.3 is 0 Å². The summed E-state index contributed by atoms with van der Waals surface area (Å²) in [6.45, 7) is 2.02. The summed E-state index contributed by atoms with van der Waals surface area (Å²) in [6, 6.07) is 17.7. The molecule has 3 aromatic rings. The van der Waals surface area contributed by atoms with Crippen molar-refractivity contribution in [1.82, 2.24) is 4.98 Å². The predicted molar refractivity (Wildman–Crippen MR) is 103 cm³/mol. The molecule has 0 saturated carbocycles. The lowest BCUT2D eigenvalue weighted by Crippen LogP contribution is -2.00. The standard InChI is InChI=1S/C20H16BrN3O/c1-12-5-3-4-6-14(12)18-10-15(16(11-22)20(23)24-18)13-7-8-19(25-2)17(21)9-13/h3-10H,1-2H3,(H2,23,24). The highest BCUT2D eigenvalue weighted by Crippen LogP contribution is 2.35. The van der Waals surface area contributed by atoms with Crippen LogP contribution in [0.15, 0.2) is 53.0 Å². The zero-order chi connectivity index (χ0) is 18.0. The highest BCUT2D eigenvalue weighted by molar-refractivity contribution is 9.10. The fourth-order valence-corrected chi connectivity index (χ4v) is 3.28. The second kappa shape index (κ2) is 6.96. The van der Waals surface area contributed by atoms with Crippen LogP contribution in [-0.4, -0.2) is 12.1 Å². The van der Waals surface area contributed by atoms with E-state index < -0.39 is 0 Å². The number of methoxy groups -OCH3 is 1. The number of nitrogens with two attached hydrogens (primary N) is 1. The number of aryl methyl sites for hydroxylation is 1. The van der Waals surface area contributed by atoms with E-state index in [0.717, 1.165) is 38.2 Å². The van der Waals surface area contributed by atoms with Gasteiger partial charge in [-0.15, -0.1) is 0 Å². The Morgan fingerprint density at radius 2 is 1.88 bits per heavy atom. The summed E-state index contributed by atoms with van der Waals surface area (Å²) >= 11 is 3.49. The van der Waals surface area contributed by atoms with E-state index in [1.54, 1.807) is 7.11 Å². The molecule has 0 saturated heterocycles. The van der Waals surface area contributed by atoms with Gasteiger partial charge < -0.3 is 10.5 Å². The lowest BCUT2D eigenvalue weighted by atomic mass is 9.97. The van der Waals surface area contributed by atoms with E-state index in [9.17, 15) is 5.26 Å². The molecule has 1 aromatic heterocycles. The quantitative estimate of drug-likeness (QED) is 0.682. The number of ether oxygens (including phenoxy) is 1. The molecule has 4 nitrogen and oxygen atoms in total. The first kappa shape index (κ1) is 17.0. The van der Waals surface area contributed by atoms with E-state index in [-0.39, 0.29) is 5.82 Å². The number of rotatable bonds is 3. The third kappa shape index (κ3) is 3.21. The van der Waals surface area contributed by atoms with Crippen LogP contribution < -0.4 is 10.5 Å². The molecule has 25 heavy (non-hydrogen) atoms. The average molecular weight is 394 g/mol. The number of nitrogens with zero attached hydrogens (tertiary/aromatic N) is 2. The van der Waals surface area contributed by atoms with Crippen molar-refractivity contribution in [1.29, 1.82) is 5.26 Å². The first-order valence-electron chi connectivity index (χ1n) is 7.65. The molecule has 0 spiro atoms. The lowest BCUT2D eigenvalue weighted by Gasteiger charge is -2.13. The fourth-order valence-electron chi connectivity index (χ4n) is 2.74. The molecule has 0 aliphatic rings. The van der Waals surface area contributed by atoms with E-state index in [1.807, 2.05) is 55.5 Å². The normalized spacial score (nSPS) is 10.3. The number of nitrogen functional groups attached to an aromatic ring is 1. The Labute approximate surface area is 155 Å². The molecule has 0 amide bonds. The first-order valence-corrected chi connectivity index (χ1v) is 8.45. The van der Waals surface area contributed by atoms with Crippen LogP contribution in [0.2, 0.25) is 0 Å². The van der Waals surface area contributed by atoms with Gasteiger partial charge in [-0.05, 0) is 52.2 Å². The molecule has 5 heteroatoms.